The van der Waals surface area contributed by atoms with Crippen molar-refractivity contribution in [2.45, 2.75) is 283 Å². The first kappa shape index (κ1) is 89.1. The van der Waals surface area contributed by atoms with Gasteiger partial charge >= 0.3 is 17.9 Å². The van der Waals surface area contributed by atoms with Crippen LogP contribution in [0.3, 0.4) is 0 Å². The number of carbonyl (C=O) groups is 3. The van der Waals surface area contributed by atoms with Gasteiger partial charge in [0.05, 0.1) is 34.4 Å². The van der Waals surface area contributed by atoms with Gasteiger partial charge in [-0.25, -0.2) is 4.79 Å². The molecule has 0 fully saturated rings. The van der Waals surface area contributed by atoms with Gasteiger partial charge in [0, 0.05) is 12.8 Å². The van der Waals surface area contributed by atoms with Crippen molar-refractivity contribution < 1.29 is 42.9 Å². The summed E-state index contributed by atoms with van der Waals surface area (Å²) in [4.78, 5) is 37.7. The van der Waals surface area contributed by atoms with E-state index in [0.29, 0.717) is 17.4 Å². The zero-order valence-electron chi connectivity index (χ0n) is 61.0. The van der Waals surface area contributed by atoms with Gasteiger partial charge in [-0.2, -0.15) is 0 Å². The molecule has 9 heteroatoms. The molecule has 95 heavy (non-hydrogen) atoms. The number of carboxylic acids is 1. The molecule has 2 unspecified atom stereocenters. The van der Waals surface area contributed by atoms with Gasteiger partial charge in [0.2, 0.25) is 0 Å². The maximum atomic E-state index is 12.9. The molecular weight excluding hydrogens is 1170 g/mol. The molecule has 0 saturated carbocycles. The summed E-state index contributed by atoms with van der Waals surface area (Å²) < 4.78 is 22.9. The minimum atomic E-state index is -1.54. The van der Waals surface area contributed by atoms with Crippen LogP contribution in [0.2, 0.25) is 0 Å². The van der Waals surface area contributed by atoms with E-state index >= 15 is 0 Å². The van der Waals surface area contributed by atoms with E-state index in [-0.39, 0.29) is 38.6 Å². The molecular formula is C86H138NO8+. The minimum Gasteiger partial charge on any atom is -0.477 e. The van der Waals surface area contributed by atoms with Gasteiger partial charge in [-0.3, -0.25) is 9.59 Å². The summed E-state index contributed by atoms with van der Waals surface area (Å²) in [5.74, 6) is -2.08. The van der Waals surface area contributed by atoms with Crippen LogP contribution in [0, 0.1) is 0 Å². The highest BCUT2D eigenvalue weighted by atomic mass is 16.7. The molecule has 0 bridgehead atoms. The van der Waals surface area contributed by atoms with Crippen LogP contribution in [0.25, 0.3) is 0 Å². The Morgan fingerprint density at radius 3 is 0.863 bits per heavy atom. The zero-order chi connectivity index (χ0) is 69.0. The normalized spacial score (nSPS) is 13.8. The summed E-state index contributed by atoms with van der Waals surface area (Å²) in [6, 6.07) is 0. The van der Waals surface area contributed by atoms with E-state index in [0.717, 1.165) is 135 Å². The average molecular weight is 1310 g/mol. The van der Waals surface area contributed by atoms with Crippen molar-refractivity contribution in [2.24, 2.45) is 0 Å². The maximum Gasteiger partial charge on any atom is 0.361 e. The molecule has 0 aromatic heterocycles. The summed E-state index contributed by atoms with van der Waals surface area (Å²) >= 11 is 0. The van der Waals surface area contributed by atoms with Crippen LogP contribution in [-0.4, -0.2) is 87.4 Å². The summed E-state index contributed by atoms with van der Waals surface area (Å²) in [6.45, 7) is 4.59. The van der Waals surface area contributed by atoms with E-state index in [1.807, 2.05) is 21.1 Å². The Balaban J connectivity index is 4.19. The topological polar surface area (TPSA) is 108 Å². The smallest absolute Gasteiger partial charge is 0.361 e. The Labute approximate surface area is 582 Å². The summed E-state index contributed by atoms with van der Waals surface area (Å²) in [5, 5.41) is 9.76. The third kappa shape index (κ3) is 75.4. The lowest BCUT2D eigenvalue weighted by atomic mass is 10.0. The SMILES string of the molecule is CC/C=C\C/C=C\C/C=C\C/C=C\C/C=C\C/C=C\C/C=C\C/C=C\C/C=C\C/C=C\CCCCC(=O)OC(COC(=O)CCCCCCCCCCCCCCCCCCCC/C=C\C/C=C\C/C=C\C/C=C\C/C=C\C/C=C\CC)COC(OCC[N+](C)(C)C)C(=O)O. The Kier molecular flexibility index (Phi) is 69.4. The fourth-order valence-corrected chi connectivity index (χ4v) is 9.69. The lowest BCUT2D eigenvalue weighted by Gasteiger charge is -2.25. The molecule has 9 nitrogen and oxygen atoms in total. The number of carbonyl (C=O) groups excluding carboxylic acids is 2. The Hall–Kier alpha value is -5.87. The molecule has 2 atom stereocenters. The van der Waals surface area contributed by atoms with Crippen LogP contribution in [0.15, 0.2) is 194 Å². The van der Waals surface area contributed by atoms with E-state index in [4.69, 9.17) is 18.9 Å². The number of aliphatic carboxylic acids is 1. The van der Waals surface area contributed by atoms with Crippen LogP contribution in [-0.2, 0) is 33.3 Å². The van der Waals surface area contributed by atoms with E-state index in [1.165, 1.54) is 103 Å². The number of rotatable bonds is 67. The molecule has 0 aromatic carbocycles. The Bertz CT molecular complexity index is 2270. The van der Waals surface area contributed by atoms with Crippen LogP contribution >= 0.6 is 0 Å². The lowest BCUT2D eigenvalue weighted by molar-refractivity contribution is -0.870. The third-order valence-electron chi connectivity index (χ3n) is 15.3. The van der Waals surface area contributed by atoms with Gasteiger partial charge in [0.25, 0.3) is 6.29 Å². The maximum absolute atomic E-state index is 12.9. The van der Waals surface area contributed by atoms with Gasteiger partial charge < -0.3 is 28.5 Å². The van der Waals surface area contributed by atoms with E-state index < -0.39 is 24.3 Å². The second-order valence-electron chi connectivity index (χ2n) is 25.5. The van der Waals surface area contributed by atoms with Gasteiger partial charge in [-0.15, -0.1) is 0 Å². The fourth-order valence-electron chi connectivity index (χ4n) is 9.69. The molecule has 0 aliphatic rings. The molecule has 0 radical (unpaired) electrons. The van der Waals surface area contributed by atoms with E-state index in [2.05, 4.69) is 208 Å². The number of unbranched alkanes of at least 4 members (excludes halogenated alkanes) is 20. The summed E-state index contributed by atoms with van der Waals surface area (Å²) in [5.41, 5.74) is 0. The van der Waals surface area contributed by atoms with Crippen molar-refractivity contribution in [3.63, 3.8) is 0 Å². The number of ether oxygens (including phenoxy) is 4. The summed E-state index contributed by atoms with van der Waals surface area (Å²) in [6.07, 6.45) is 111. The molecule has 0 heterocycles. The number of nitrogens with zero attached hydrogens (tertiary/aromatic N) is 1. The average Bonchev–Trinajstić information content (AvgIpc) is 3.75. The molecule has 1 N–H and O–H groups in total. The van der Waals surface area contributed by atoms with Crippen LogP contribution in [0.5, 0.6) is 0 Å². The first-order chi connectivity index (χ1) is 46.6. The zero-order valence-corrected chi connectivity index (χ0v) is 61.0. The van der Waals surface area contributed by atoms with Crippen molar-refractivity contribution in [1.82, 2.24) is 0 Å². The Morgan fingerprint density at radius 1 is 0.316 bits per heavy atom. The number of quaternary nitrogens is 1. The number of hydrogen-bond acceptors (Lipinski definition) is 7. The number of allylic oxidation sites excluding steroid dienone is 32. The van der Waals surface area contributed by atoms with Crippen LogP contribution < -0.4 is 0 Å². The van der Waals surface area contributed by atoms with Crippen LogP contribution in [0.4, 0.5) is 0 Å². The van der Waals surface area contributed by atoms with Crippen LogP contribution in [0.1, 0.15) is 271 Å². The standard InChI is InChI=1S/C86H137NO8/c1-6-8-10-12-14-16-18-20-22-24-26-28-30-32-34-36-38-40-41-42-43-45-46-48-50-52-54-56-58-60-62-64-66-68-70-72-74-76-83(88)93-80-82(81-94-86(85(90)91)92-79-78-87(3,4)5)95-84(89)77-75-73-71-69-67-65-63-61-59-57-55-53-51-49-47-44-39-37-35-33-31-29-27-25-23-21-19-17-15-13-11-9-7-2/h8-11,14-17,20-23,26-29,32-35,38-40,44,49,51,55,57,61,63,67,69,82,86H,6-7,12-13,18-19,24-25,30-31,36-37,41-43,45-48,50,52-54,56,58-60,62,64-66,68,70-81H2,1-5H3/p+1/b10-8-,11-9-,16-14-,17-15-,22-20-,23-21-,28-26-,29-27-,34-32-,35-33-,40-38-,44-39-,51-49-,57-55-,63-61-,69-67-. The quantitative estimate of drug-likeness (QED) is 0.0211. The molecule has 0 spiro atoms. The molecule has 534 valence electrons. The minimum absolute atomic E-state index is 0.170. The van der Waals surface area contributed by atoms with Crippen molar-refractivity contribution in [3.05, 3.63) is 194 Å². The summed E-state index contributed by atoms with van der Waals surface area (Å²) in [7, 11) is 5.95. The molecule has 0 saturated heterocycles. The second kappa shape index (κ2) is 73.9. The van der Waals surface area contributed by atoms with Gasteiger partial charge in [-0.1, -0.05) is 311 Å². The largest absolute Gasteiger partial charge is 0.477 e. The molecule has 0 amide bonds. The van der Waals surface area contributed by atoms with Crippen molar-refractivity contribution >= 4 is 17.9 Å². The highest BCUT2D eigenvalue weighted by Gasteiger charge is 2.25. The number of hydrogen-bond donors (Lipinski definition) is 1. The molecule has 0 rings (SSSR count). The van der Waals surface area contributed by atoms with E-state index in [9.17, 15) is 19.5 Å². The third-order valence-corrected chi connectivity index (χ3v) is 15.3. The monoisotopic (exact) mass is 1310 g/mol. The molecule has 0 aromatic rings. The predicted molar refractivity (Wildman–Crippen MR) is 409 cm³/mol. The molecule has 0 aliphatic carbocycles. The number of likely N-dealkylation sites (N-methyl/N-ethyl adjacent to an activating group) is 1. The van der Waals surface area contributed by atoms with Crippen molar-refractivity contribution in [3.8, 4) is 0 Å². The Morgan fingerprint density at radius 2 is 0.568 bits per heavy atom. The van der Waals surface area contributed by atoms with E-state index in [1.54, 1.807) is 0 Å². The highest BCUT2D eigenvalue weighted by molar-refractivity contribution is 5.71. The number of carboxylic acid groups (broad SMARTS) is 1. The van der Waals surface area contributed by atoms with Gasteiger partial charge in [-0.05, 0) is 141 Å². The highest BCUT2D eigenvalue weighted by Crippen LogP contribution is 2.16. The first-order valence-corrected chi connectivity index (χ1v) is 37.6. The first-order valence-electron chi connectivity index (χ1n) is 37.6. The lowest BCUT2D eigenvalue weighted by Crippen LogP contribution is -2.40. The predicted octanol–water partition coefficient (Wildman–Crippen LogP) is 24.1. The van der Waals surface area contributed by atoms with Gasteiger partial charge in [0.1, 0.15) is 13.2 Å². The molecule has 0 aliphatic heterocycles. The second-order valence-corrected chi connectivity index (χ2v) is 25.5. The number of esters is 2. The van der Waals surface area contributed by atoms with Gasteiger partial charge in [0.15, 0.2) is 6.10 Å². The van der Waals surface area contributed by atoms with Crippen molar-refractivity contribution in [1.29, 1.82) is 0 Å². The fraction of sp³-hybridized carbons (Fsp3) is 0.593. The van der Waals surface area contributed by atoms with Crippen molar-refractivity contribution in [2.75, 3.05) is 47.5 Å².